The van der Waals surface area contributed by atoms with Gasteiger partial charge in [-0.25, -0.2) is 61.4 Å². The van der Waals surface area contributed by atoms with Crippen LogP contribution in [0.15, 0.2) is 373 Å². The van der Waals surface area contributed by atoms with E-state index in [4.69, 9.17) is 46.4 Å². The number of rotatable bonds is 12. The summed E-state index contributed by atoms with van der Waals surface area (Å²) < 4.78 is 119. The van der Waals surface area contributed by atoms with E-state index in [1.807, 2.05) is 210 Å². The molecule has 0 fully saturated rings. The van der Waals surface area contributed by atoms with E-state index in [0.29, 0.717) is 49.6 Å². The molecule has 0 aliphatic rings. The zero-order valence-electron chi connectivity index (χ0n) is 76.7. The molecule has 708 valence electrons. The average molecular weight is 2000 g/mol. The number of imidazole rings is 6. The molecule has 24 aromatic rings. The topological polar surface area (TPSA) is 207 Å². The molecule has 0 spiro atoms. The average Bonchev–Trinajstić information content (AvgIpc) is 1.44. The minimum absolute atomic E-state index is 0.0888. The summed E-state index contributed by atoms with van der Waals surface area (Å²) in [7, 11) is 0. The molecule has 6 aromatic carbocycles. The molecular formula is C112H76Cl4F8N20. The van der Waals surface area contributed by atoms with Crippen LogP contribution in [0, 0.1) is 63.7 Å². The van der Waals surface area contributed by atoms with Gasteiger partial charge >= 0.3 is 6.18 Å². The summed E-state index contributed by atoms with van der Waals surface area (Å²) in [4.78, 5) is 56.3. The second kappa shape index (κ2) is 41.7. The second-order valence-electron chi connectivity index (χ2n) is 33.1. The Balaban J connectivity index is 0.000000109. The lowest BCUT2D eigenvalue weighted by atomic mass is 9.97. The van der Waals surface area contributed by atoms with E-state index in [0.717, 1.165) is 164 Å². The SMILES string of the molecule is Cc1cc(F)ccc1-c1ncccc1-c1ccc2nccn2n1.Cc1cc2nccn2cc1-c1cccnc1-c1cc(Cl)c(F)cc1F.Cc1cc2nccn2cc1-c1cccnc1-c1cc(Cl)ccc1F.Cc1cc2nccn2cc1-c1cccnc1-c1ccc(F)c(Cl)c1.Cc1cc2nccn2cc1-c1cccnc1-c1cccc(Cl)c1.FC(F)(F)c1cccc(-c2ncccc2-c2cnc3nccn3c2)c1. The molecule has 32 heteroatoms. The highest BCUT2D eigenvalue weighted by Crippen LogP contribution is 2.43. The van der Waals surface area contributed by atoms with Crippen molar-refractivity contribution in [3.05, 3.63) is 456 Å². The molecule has 0 atom stereocenters. The molecule has 0 N–H and O–H groups in total. The van der Waals surface area contributed by atoms with Crippen LogP contribution in [0.4, 0.5) is 35.1 Å². The van der Waals surface area contributed by atoms with Crippen molar-refractivity contribution in [2.45, 2.75) is 40.8 Å². The Labute approximate surface area is 837 Å². The smallest absolute Gasteiger partial charge is 0.306 e. The lowest BCUT2D eigenvalue weighted by molar-refractivity contribution is -0.137. The van der Waals surface area contributed by atoms with Crippen LogP contribution in [0.3, 0.4) is 0 Å². The third-order valence-corrected chi connectivity index (χ3v) is 24.7. The highest BCUT2D eigenvalue weighted by molar-refractivity contribution is 6.32. The normalized spacial score (nSPS) is 11.2. The number of nitrogens with zero attached hydrogens (tertiary/aromatic N) is 20. The number of alkyl halides is 3. The van der Waals surface area contributed by atoms with Crippen molar-refractivity contribution in [2.24, 2.45) is 0 Å². The van der Waals surface area contributed by atoms with E-state index in [1.165, 1.54) is 48.0 Å². The number of halogens is 12. The first-order chi connectivity index (χ1) is 69.8. The fourth-order valence-corrected chi connectivity index (χ4v) is 17.5. The Morgan fingerprint density at radius 3 is 1.18 bits per heavy atom. The summed E-state index contributed by atoms with van der Waals surface area (Å²) in [5, 5.41) is 5.71. The fourth-order valence-electron chi connectivity index (χ4n) is 16.7. The van der Waals surface area contributed by atoms with Crippen LogP contribution in [-0.4, -0.2) is 96.4 Å². The van der Waals surface area contributed by atoms with Crippen molar-refractivity contribution < 1.29 is 35.1 Å². The minimum atomic E-state index is -4.40. The number of fused-ring (bicyclic) bond motifs is 6. The molecule has 0 radical (unpaired) electrons. The van der Waals surface area contributed by atoms with E-state index in [9.17, 15) is 35.1 Å². The second-order valence-corrected chi connectivity index (χ2v) is 34.8. The van der Waals surface area contributed by atoms with Crippen LogP contribution < -0.4 is 0 Å². The summed E-state index contributed by atoms with van der Waals surface area (Å²) in [6.07, 6.45) is 38.7. The molecule has 20 nitrogen and oxygen atoms in total. The number of aromatic nitrogens is 20. The Hall–Kier alpha value is -17.2. The van der Waals surface area contributed by atoms with Crippen LogP contribution in [0.2, 0.25) is 20.1 Å². The van der Waals surface area contributed by atoms with Crippen molar-refractivity contribution in [3.8, 4) is 134 Å². The Kier molecular flexibility index (Phi) is 27.7. The Bertz CT molecular complexity index is 8920. The largest absolute Gasteiger partial charge is 0.416 e. The summed E-state index contributed by atoms with van der Waals surface area (Å²) in [5.41, 5.74) is 27.1. The standard InChI is InChI=1S/C19H12ClF2N3.2C19H13ClFN3.C19H14ClN3.C18H11F3N4.C18H13FN4/c1-11-7-18-23-5-6-25(18)10-14(11)12-3-2-4-24-19(12)13-8-15(20)17(22)9-16(13)21;1-12-9-18-22-7-8-24(18)11-15(12)14-3-2-6-23-19(14)13-4-5-17(21)16(20)10-13;1-12-9-18-22-7-8-24(18)11-16(12)14-3-2-6-23-19(14)15-10-13(20)4-5-17(15)21;1-13-10-18-21-8-9-23(18)12-17(13)16-6-3-7-22-19(16)14-4-2-5-15(20)11-14;19-18(20,21)14-4-1-3-12(9-14)16-15(5-2-6-22-16)13-10-24-17-23-7-8-25(17)11-13;1-12-11-13(19)4-5-14(12)18-15(3-2-8-21-18)16-6-7-17-20-9-10-23(17)22-16/h2-10H,1H3;2*2-11H,1H3;2-12H,1H3;1-11H;2-11H,1H3. The predicted molar refractivity (Wildman–Crippen MR) is 547 cm³/mol. The Morgan fingerprint density at radius 2 is 0.667 bits per heavy atom. The van der Waals surface area contributed by atoms with Gasteiger partial charge in [0, 0.05) is 259 Å². The van der Waals surface area contributed by atoms with Crippen molar-refractivity contribution in [1.29, 1.82) is 0 Å². The molecule has 144 heavy (non-hydrogen) atoms. The summed E-state index contributed by atoms with van der Waals surface area (Å²) in [6.45, 7) is 9.98. The number of benzene rings is 6. The summed E-state index contributed by atoms with van der Waals surface area (Å²) in [6, 6.07) is 63.5. The van der Waals surface area contributed by atoms with Crippen LogP contribution in [-0.2, 0) is 6.18 Å². The van der Waals surface area contributed by atoms with Gasteiger partial charge in [-0.3, -0.25) is 34.3 Å². The maximum Gasteiger partial charge on any atom is 0.416 e. The van der Waals surface area contributed by atoms with E-state index >= 15 is 0 Å². The molecule has 0 aliphatic carbocycles. The number of aryl methyl sites for hydroxylation is 5. The molecule has 24 rings (SSSR count). The van der Waals surface area contributed by atoms with E-state index in [1.54, 1.807) is 138 Å². The zero-order valence-corrected chi connectivity index (χ0v) is 79.7. The summed E-state index contributed by atoms with van der Waals surface area (Å²) in [5.74, 6) is -1.98. The van der Waals surface area contributed by atoms with Gasteiger partial charge in [-0.15, -0.1) is 0 Å². The van der Waals surface area contributed by atoms with Crippen LogP contribution in [0.5, 0.6) is 0 Å². The molecule has 0 aliphatic heterocycles. The van der Waals surface area contributed by atoms with Crippen LogP contribution >= 0.6 is 46.4 Å². The monoisotopic (exact) mass is 1990 g/mol. The summed E-state index contributed by atoms with van der Waals surface area (Å²) >= 11 is 24.0. The lowest BCUT2D eigenvalue weighted by Crippen LogP contribution is -2.04. The molecule has 0 saturated heterocycles. The van der Waals surface area contributed by atoms with Gasteiger partial charge in [0.05, 0.1) is 55.5 Å². The number of hydrogen-bond donors (Lipinski definition) is 0. The molecule has 18 heterocycles. The van der Waals surface area contributed by atoms with Gasteiger partial charge in [-0.1, -0.05) is 101 Å². The van der Waals surface area contributed by atoms with Gasteiger partial charge in [0.15, 0.2) is 5.65 Å². The molecule has 0 saturated carbocycles. The van der Waals surface area contributed by atoms with Crippen molar-refractivity contribution in [2.75, 3.05) is 0 Å². The van der Waals surface area contributed by atoms with Gasteiger partial charge in [0.1, 0.15) is 51.7 Å². The van der Waals surface area contributed by atoms with Crippen LogP contribution in [0.25, 0.3) is 168 Å². The van der Waals surface area contributed by atoms with Gasteiger partial charge in [0.2, 0.25) is 5.78 Å². The highest BCUT2D eigenvalue weighted by Gasteiger charge is 2.31. The first-order valence-electron chi connectivity index (χ1n) is 44.6. The lowest BCUT2D eigenvalue weighted by Gasteiger charge is -2.13. The van der Waals surface area contributed by atoms with Gasteiger partial charge < -0.3 is 17.6 Å². The van der Waals surface area contributed by atoms with Gasteiger partial charge in [-0.2, -0.15) is 18.3 Å². The zero-order chi connectivity index (χ0) is 100.0. The molecule has 18 aromatic heterocycles. The third kappa shape index (κ3) is 20.7. The van der Waals surface area contributed by atoms with E-state index in [2.05, 4.69) is 95.1 Å². The van der Waals surface area contributed by atoms with Crippen molar-refractivity contribution in [1.82, 2.24) is 96.4 Å². The fraction of sp³-hybridized carbons (Fsp3) is 0.0536. The first kappa shape index (κ1) is 95.7. The van der Waals surface area contributed by atoms with E-state index in [-0.39, 0.29) is 27.2 Å². The molecule has 0 amide bonds. The first-order valence-corrected chi connectivity index (χ1v) is 46.1. The number of hydrogen-bond acceptors (Lipinski definition) is 14. The molecular weight excluding hydrogens is 1920 g/mol. The maximum atomic E-state index is 14.4. The van der Waals surface area contributed by atoms with E-state index < -0.39 is 29.2 Å². The molecule has 0 bridgehead atoms. The van der Waals surface area contributed by atoms with Crippen molar-refractivity contribution in [3.63, 3.8) is 0 Å². The third-order valence-electron chi connectivity index (χ3n) is 23.7. The maximum absolute atomic E-state index is 14.4. The van der Waals surface area contributed by atoms with Gasteiger partial charge in [0.25, 0.3) is 0 Å². The van der Waals surface area contributed by atoms with Crippen LogP contribution in [0.1, 0.15) is 33.4 Å². The van der Waals surface area contributed by atoms with Crippen molar-refractivity contribution >= 4 is 80.4 Å². The minimum Gasteiger partial charge on any atom is -0.306 e. The highest BCUT2D eigenvalue weighted by atomic mass is 35.5. The quantitative estimate of drug-likeness (QED) is 0.0824. The molecule has 0 unspecified atom stereocenters. The predicted octanol–water partition coefficient (Wildman–Crippen LogP) is 29.0. The van der Waals surface area contributed by atoms with Gasteiger partial charge in [-0.05, 0) is 226 Å². The number of pyridine rings is 10. The Morgan fingerprint density at radius 1 is 0.250 bits per heavy atom.